The summed E-state index contributed by atoms with van der Waals surface area (Å²) < 4.78 is 10.4. The summed E-state index contributed by atoms with van der Waals surface area (Å²) in [5, 5.41) is 4.19. The summed E-state index contributed by atoms with van der Waals surface area (Å²) >= 11 is 11.9. The van der Waals surface area contributed by atoms with Gasteiger partial charge in [-0.15, -0.1) is 11.6 Å². The fourth-order valence-corrected chi connectivity index (χ4v) is 1.75. The molecule has 1 heterocycles. The van der Waals surface area contributed by atoms with Gasteiger partial charge in [-0.05, 0) is 24.6 Å². The molecule has 0 saturated heterocycles. The van der Waals surface area contributed by atoms with Gasteiger partial charge in [-0.25, -0.2) is 0 Å². The van der Waals surface area contributed by atoms with Crippen LogP contribution in [0.2, 0.25) is 5.02 Å². The van der Waals surface area contributed by atoms with E-state index in [2.05, 4.69) is 10.1 Å². The molecule has 6 heteroatoms. The molecule has 0 aliphatic heterocycles. The van der Waals surface area contributed by atoms with Crippen molar-refractivity contribution in [2.45, 2.75) is 18.7 Å². The topological polar surface area (TPSA) is 48.2 Å². The number of hydrogen-bond acceptors (Lipinski definition) is 4. The Morgan fingerprint density at radius 1 is 1.44 bits per heavy atom. The van der Waals surface area contributed by atoms with Crippen molar-refractivity contribution in [3.8, 4) is 17.2 Å². The van der Waals surface area contributed by atoms with Gasteiger partial charge in [-0.1, -0.05) is 23.7 Å². The van der Waals surface area contributed by atoms with Crippen LogP contribution in [0.3, 0.4) is 0 Å². The molecule has 0 aliphatic rings. The minimum Gasteiger partial charge on any atom is -0.496 e. The Labute approximate surface area is 115 Å². The van der Waals surface area contributed by atoms with Crippen LogP contribution >= 0.6 is 23.2 Å². The lowest BCUT2D eigenvalue weighted by Gasteiger charge is -2.04. The maximum atomic E-state index is 6.05. The molecule has 0 bridgehead atoms. The Morgan fingerprint density at radius 3 is 2.89 bits per heavy atom. The van der Waals surface area contributed by atoms with Gasteiger partial charge in [0.1, 0.15) is 5.75 Å². The fraction of sp³-hybridized carbons (Fsp3) is 0.333. The number of benzene rings is 1. The number of alkyl halides is 1. The third-order valence-corrected chi connectivity index (χ3v) is 3.21. The molecule has 2 rings (SSSR count). The summed E-state index contributed by atoms with van der Waals surface area (Å²) in [6, 6.07) is 5.20. The monoisotopic (exact) mass is 286 g/mol. The van der Waals surface area contributed by atoms with Gasteiger partial charge >= 0.3 is 0 Å². The number of halogens is 2. The van der Waals surface area contributed by atoms with Gasteiger partial charge in [-0.2, -0.15) is 4.98 Å². The highest BCUT2D eigenvalue weighted by atomic mass is 35.5. The molecule has 1 unspecified atom stereocenters. The van der Waals surface area contributed by atoms with E-state index in [1.165, 1.54) is 0 Å². The van der Waals surface area contributed by atoms with Crippen LogP contribution in [0.15, 0.2) is 22.7 Å². The molecular weight excluding hydrogens is 275 g/mol. The normalized spacial score (nSPS) is 12.4. The van der Waals surface area contributed by atoms with E-state index in [9.17, 15) is 0 Å². The van der Waals surface area contributed by atoms with Crippen LogP contribution in [0.1, 0.15) is 24.5 Å². The molecule has 4 nitrogen and oxygen atoms in total. The molecule has 2 aromatic rings. The van der Waals surface area contributed by atoms with Gasteiger partial charge < -0.3 is 9.26 Å². The van der Waals surface area contributed by atoms with Gasteiger partial charge in [0, 0.05) is 5.02 Å². The largest absolute Gasteiger partial charge is 0.496 e. The van der Waals surface area contributed by atoms with Crippen LogP contribution in [0, 0.1) is 0 Å². The first kappa shape index (κ1) is 13.2. The fourth-order valence-electron chi connectivity index (χ4n) is 1.50. The summed E-state index contributed by atoms with van der Waals surface area (Å²) in [5.74, 6) is 1.43. The summed E-state index contributed by atoms with van der Waals surface area (Å²) in [5.41, 5.74) is 0.695. The second kappa shape index (κ2) is 5.59. The number of ether oxygens (including phenoxy) is 1. The maximum Gasteiger partial charge on any atom is 0.261 e. The lowest BCUT2D eigenvalue weighted by molar-refractivity contribution is 0.402. The van der Waals surface area contributed by atoms with Crippen molar-refractivity contribution in [1.29, 1.82) is 0 Å². The third kappa shape index (κ3) is 2.60. The number of nitrogens with zero attached hydrogens (tertiary/aromatic N) is 2. The molecule has 0 spiro atoms. The number of rotatable bonds is 4. The standard InChI is InChI=1S/C12H12Cl2N2O2/c1-3-9(14)11-15-12(18-16-11)8-5-4-7(13)6-10(8)17-2/h4-6,9H,3H2,1-2H3. The Kier molecular flexibility index (Phi) is 4.09. The van der Waals surface area contributed by atoms with Crippen molar-refractivity contribution in [2.24, 2.45) is 0 Å². The van der Waals surface area contributed by atoms with Gasteiger partial charge in [0.05, 0.1) is 18.1 Å². The number of aromatic nitrogens is 2. The first-order valence-electron chi connectivity index (χ1n) is 5.47. The Balaban J connectivity index is 2.39. The lowest BCUT2D eigenvalue weighted by Crippen LogP contribution is -1.91. The van der Waals surface area contributed by atoms with Crippen molar-refractivity contribution < 1.29 is 9.26 Å². The molecule has 1 atom stereocenters. The molecule has 1 aromatic heterocycles. The van der Waals surface area contributed by atoms with E-state index < -0.39 is 0 Å². The van der Waals surface area contributed by atoms with E-state index in [4.69, 9.17) is 32.5 Å². The van der Waals surface area contributed by atoms with Crippen LogP contribution in [0.25, 0.3) is 11.5 Å². The van der Waals surface area contributed by atoms with E-state index in [1.807, 2.05) is 6.92 Å². The summed E-state index contributed by atoms with van der Waals surface area (Å²) in [4.78, 5) is 4.26. The van der Waals surface area contributed by atoms with Crippen LogP contribution in [-0.2, 0) is 0 Å². The molecule has 0 radical (unpaired) electrons. The predicted octanol–water partition coefficient (Wildman–Crippen LogP) is 4.09. The first-order chi connectivity index (χ1) is 8.65. The zero-order valence-electron chi connectivity index (χ0n) is 9.98. The zero-order valence-corrected chi connectivity index (χ0v) is 11.5. The van der Waals surface area contributed by atoms with E-state index in [1.54, 1.807) is 25.3 Å². The quantitative estimate of drug-likeness (QED) is 0.795. The molecule has 0 aliphatic carbocycles. The highest BCUT2D eigenvalue weighted by Crippen LogP contribution is 2.32. The molecular formula is C12H12Cl2N2O2. The SMILES string of the molecule is CCC(Cl)c1noc(-c2ccc(Cl)cc2OC)n1. The molecule has 0 saturated carbocycles. The first-order valence-corrected chi connectivity index (χ1v) is 6.28. The molecule has 1 aromatic carbocycles. The molecule has 0 N–H and O–H groups in total. The van der Waals surface area contributed by atoms with Gasteiger partial charge in [0.2, 0.25) is 0 Å². The second-order valence-corrected chi connectivity index (χ2v) is 4.64. The maximum absolute atomic E-state index is 6.05. The highest BCUT2D eigenvalue weighted by molar-refractivity contribution is 6.30. The molecule has 0 amide bonds. The van der Waals surface area contributed by atoms with E-state index in [0.29, 0.717) is 28.1 Å². The van der Waals surface area contributed by atoms with Crippen molar-refractivity contribution >= 4 is 23.2 Å². The summed E-state index contributed by atoms with van der Waals surface area (Å²) in [6.45, 7) is 1.95. The average molecular weight is 287 g/mol. The van der Waals surface area contributed by atoms with Gasteiger partial charge in [0.25, 0.3) is 5.89 Å². The third-order valence-electron chi connectivity index (χ3n) is 2.47. The van der Waals surface area contributed by atoms with Crippen LogP contribution in [0.4, 0.5) is 0 Å². The van der Waals surface area contributed by atoms with Gasteiger partial charge in [-0.3, -0.25) is 0 Å². The van der Waals surface area contributed by atoms with Crippen molar-refractivity contribution in [2.75, 3.05) is 7.11 Å². The molecule has 96 valence electrons. The molecule has 0 fully saturated rings. The average Bonchev–Trinajstić information content (AvgIpc) is 2.87. The van der Waals surface area contributed by atoms with Crippen molar-refractivity contribution in [1.82, 2.24) is 10.1 Å². The van der Waals surface area contributed by atoms with E-state index in [0.717, 1.165) is 6.42 Å². The highest BCUT2D eigenvalue weighted by Gasteiger charge is 2.17. The number of hydrogen-bond donors (Lipinski definition) is 0. The Bertz CT molecular complexity index is 543. The Hall–Kier alpha value is -1.26. The van der Waals surface area contributed by atoms with Crippen molar-refractivity contribution in [3.63, 3.8) is 0 Å². The number of methoxy groups -OCH3 is 1. The van der Waals surface area contributed by atoms with Crippen molar-refractivity contribution in [3.05, 3.63) is 29.0 Å². The van der Waals surface area contributed by atoms with Crippen LogP contribution < -0.4 is 4.74 Å². The van der Waals surface area contributed by atoms with Gasteiger partial charge in [0.15, 0.2) is 5.82 Å². The van der Waals surface area contributed by atoms with Crippen LogP contribution in [0.5, 0.6) is 5.75 Å². The van der Waals surface area contributed by atoms with E-state index in [-0.39, 0.29) is 5.38 Å². The summed E-state index contributed by atoms with van der Waals surface area (Å²) in [6.07, 6.45) is 0.734. The summed E-state index contributed by atoms with van der Waals surface area (Å²) in [7, 11) is 1.56. The predicted molar refractivity (Wildman–Crippen MR) is 70.2 cm³/mol. The minimum absolute atomic E-state index is 0.249. The van der Waals surface area contributed by atoms with E-state index >= 15 is 0 Å². The Morgan fingerprint density at radius 2 is 2.22 bits per heavy atom. The second-order valence-electron chi connectivity index (χ2n) is 3.68. The molecule has 18 heavy (non-hydrogen) atoms. The minimum atomic E-state index is -0.249. The zero-order chi connectivity index (χ0) is 13.1. The van der Waals surface area contributed by atoms with Crippen LogP contribution in [-0.4, -0.2) is 17.3 Å². The smallest absolute Gasteiger partial charge is 0.261 e. The lowest BCUT2D eigenvalue weighted by atomic mass is 10.2.